The van der Waals surface area contributed by atoms with Crippen molar-refractivity contribution >= 4 is 17.9 Å². The SMILES string of the molecule is CC/C=C\C/C=C\C/C=C\C/C=C\C/C=C\C/C=C\CCC(=O)OC[C@H](COC(=O)CCCCCCCCCCCCC)OC(=O)CCCCC/C=C\C/C=C\C/C=C\C/C=C\C/C=C\CC. The zero-order chi connectivity index (χ0) is 48.6. The molecule has 376 valence electrons. The van der Waals surface area contributed by atoms with Gasteiger partial charge in [-0.15, -0.1) is 0 Å². The highest BCUT2D eigenvalue weighted by Crippen LogP contribution is 2.13. The Balaban J connectivity index is 4.57. The number of esters is 3. The van der Waals surface area contributed by atoms with Gasteiger partial charge in [0.05, 0.1) is 0 Å². The second-order valence-electron chi connectivity index (χ2n) is 17.0. The average molecular weight is 925 g/mol. The molecule has 0 aromatic rings. The Kier molecular flexibility index (Phi) is 50.6. The number of unbranched alkanes of at least 4 members (excludes halogenated alkanes) is 13. The van der Waals surface area contributed by atoms with Crippen LogP contribution in [0.15, 0.2) is 134 Å². The Bertz CT molecular complexity index is 1480. The zero-order valence-corrected chi connectivity index (χ0v) is 42.9. The van der Waals surface area contributed by atoms with Crippen LogP contribution in [-0.4, -0.2) is 37.2 Å². The summed E-state index contributed by atoms with van der Waals surface area (Å²) < 4.78 is 16.7. The predicted molar refractivity (Wildman–Crippen MR) is 288 cm³/mol. The zero-order valence-electron chi connectivity index (χ0n) is 42.9. The molecule has 0 aliphatic heterocycles. The first kappa shape index (κ1) is 62.5. The molecule has 0 spiro atoms. The minimum absolute atomic E-state index is 0.118. The molecule has 0 aromatic heterocycles. The number of rotatable bonds is 46. The van der Waals surface area contributed by atoms with Gasteiger partial charge in [0.25, 0.3) is 0 Å². The van der Waals surface area contributed by atoms with Crippen LogP contribution in [0.3, 0.4) is 0 Å². The van der Waals surface area contributed by atoms with Gasteiger partial charge in [0.1, 0.15) is 13.2 Å². The third-order valence-corrected chi connectivity index (χ3v) is 10.7. The summed E-state index contributed by atoms with van der Waals surface area (Å²) in [7, 11) is 0. The van der Waals surface area contributed by atoms with Crippen molar-refractivity contribution in [3.05, 3.63) is 134 Å². The number of hydrogen-bond acceptors (Lipinski definition) is 6. The largest absolute Gasteiger partial charge is 0.462 e. The quantitative estimate of drug-likeness (QED) is 0.0262. The van der Waals surface area contributed by atoms with E-state index in [0.717, 1.165) is 109 Å². The third-order valence-electron chi connectivity index (χ3n) is 10.7. The maximum Gasteiger partial charge on any atom is 0.306 e. The topological polar surface area (TPSA) is 78.9 Å². The van der Waals surface area contributed by atoms with E-state index >= 15 is 0 Å². The molecule has 0 heterocycles. The number of hydrogen-bond donors (Lipinski definition) is 0. The van der Waals surface area contributed by atoms with Crippen molar-refractivity contribution in [1.82, 2.24) is 0 Å². The van der Waals surface area contributed by atoms with E-state index in [9.17, 15) is 14.4 Å². The third kappa shape index (κ3) is 52.4. The van der Waals surface area contributed by atoms with Gasteiger partial charge in [-0.2, -0.15) is 0 Å². The van der Waals surface area contributed by atoms with E-state index < -0.39 is 6.10 Å². The summed E-state index contributed by atoms with van der Waals surface area (Å²) in [5, 5.41) is 0. The van der Waals surface area contributed by atoms with E-state index in [1.54, 1.807) is 0 Å². The highest BCUT2D eigenvalue weighted by molar-refractivity contribution is 5.71. The van der Waals surface area contributed by atoms with Crippen molar-refractivity contribution < 1.29 is 28.6 Å². The molecule has 0 fully saturated rings. The van der Waals surface area contributed by atoms with Crippen LogP contribution >= 0.6 is 0 Å². The summed E-state index contributed by atoms with van der Waals surface area (Å²) in [5.74, 6) is -1.05. The summed E-state index contributed by atoms with van der Waals surface area (Å²) in [4.78, 5) is 38.0. The first-order valence-corrected chi connectivity index (χ1v) is 26.7. The van der Waals surface area contributed by atoms with Gasteiger partial charge in [0.15, 0.2) is 6.10 Å². The standard InChI is InChI=1S/C61H96O6/c1-4-7-10-13-16-19-22-24-26-28-30-32-34-36-39-42-45-48-51-54-60(63)66-57-58(56-65-59(62)53-50-47-44-41-38-21-18-15-12-9-6-3)67-61(64)55-52-49-46-43-40-37-35-33-31-29-27-25-23-20-17-14-11-8-5-2/h7-8,10-11,16-17,19-20,24-27,30-33,36-37,39-40,45,48,58H,4-6,9,12-15,18,21-23,28-29,34-35,38,41-44,46-47,49-57H2,1-3H3/b10-7-,11-8-,19-16-,20-17-,26-24-,27-25-,32-30-,33-31-,39-36-,40-37-,48-45-/t58-/m0/s1. The van der Waals surface area contributed by atoms with E-state index in [1.165, 1.54) is 51.4 Å². The van der Waals surface area contributed by atoms with Gasteiger partial charge in [-0.25, -0.2) is 0 Å². The fraction of sp³-hybridized carbons (Fsp3) is 0.590. The molecule has 6 nitrogen and oxygen atoms in total. The monoisotopic (exact) mass is 925 g/mol. The average Bonchev–Trinajstić information content (AvgIpc) is 3.33. The molecule has 0 radical (unpaired) electrons. The smallest absolute Gasteiger partial charge is 0.306 e. The van der Waals surface area contributed by atoms with Crippen molar-refractivity contribution in [2.24, 2.45) is 0 Å². The summed E-state index contributed by atoms with van der Waals surface area (Å²) in [5.41, 5.74) is 0. The number of carbonyl (C=O) groups is 3. The Morgan fingerprint density at radius 3 is 1.00 bits per heavy atom. The second-order valence-corrected chi connectivity index (χ2v) is 17.0. The normalized spacial score (nSPS) is 13.2. The lowest BCUT2D eigenvalue weighted by Gasteiger charge is -2.18. The van der Waals surface area contributed by atoms with Gasteiger partial charge < -0.3 is 14.2 Å². The van der Waals surface area contributed by atoms with Crippen LogP contribution in [0.25, 0.3) is 0 Å². The fourth-order valence-corrected chi connectivity index (χ4v) is 6.73. The molecule has 0 aromatic carbocycles. The Morgan fingerprint density at radius 2 is 0.612 bits per heavy atom. The van der Waals surface area contributed by atoms with E-state index in [0.29, 0.717) is 19.3 Å². The molecular formula is C61H96O6. The minimum atomic E-state index is -0.829. The highest BCUT2D eigenvalue weighted by Gasteiger charge is 2.19. The molecule has 0 unspecified atom stereocenters. The molecule has 1 atom stereocenters. The van der Waals surface area contributed by atoms with E-state index in [2.05, 4.69) is 142 Å². The maximum atomic E-state index is 12.8. The molecule has 0 saturated carbocycles. The summed E-state index contributed by atoms with van der Waals surface area (Å²) in [6.45, 7) is 6.29. The molecule has 0 bridgehead atoms. The van der Waals surface area contributed by atoms with Crippen LogP contribution in [0.4, 0.5) is 0 Å². The van der Waals surface area contributed by atoms with E-state index in [1.807, 2.05) is 12.2 Å². The lowest BCUT2D eigenvalue weighted by molar-refractivity contribution is -0.166. The highest BCUT2D eigenvalue weighted by atomic mass is 16.6. The van der Waals surface area contributed by atoms with Gasteiger partial charge in [-0.1, -0.05) is 225 Å². The fourth-order valence-electron chi connectivity index (χ4n) is 6.73. The van der Waals surface area contributed by atoms with Crippen LogP contribution in [0.2, 0.25) is 0 Å². The first-order valence-electron chi connectivity index (χ1n) is 26.7. The van der Waals surface area contributed by atoms with E-state index in [4.69, 9.17) is 14.2 Å². The molecule has 0 rings (SSSR count). The number of carbonyl (C=O) groups excluding carboxylic acids is 3. The molecule has 0 aliphatic carbocycles. The number of allylic oxidation sites excluding steroid dienone is 22. The van der Waals surface area contributed by atoms with Crippen LogP contribution in [0, 0.1) is 0 Å². The summed E-state index contributed by atoms with van der Waals surface area (Å²) in [6.07, 6.45) is 75.9. The van der Waals surface area contributed by atoms with Gasteiger partial charge >= 0.3 is 17.9 Å². The van der Waals surface area contributed by atoms with Crippen LogP contribution in [-0.2, 0) is 28.6 Å². The van der Waals surface area contributed by atoms with E-state index in [-0.39, 0.29) is 44.0 Å². The Hall–Kier alpha value is -4.45. The van der Waals surface area contributed by atoms with Crippen LogP contribution in [0.5, 0.6) is 0 Å². The van der Waals surface area contributed by atoms with Crippen LogP contribution in [0.1, 0.15) is 213 Å². The first-order chi connectivity index (χ1) is 33.0. The van der Waals surface area contributed by atoms with Crippen molar-refractivity contribution in [1.29, 1.82) is 0 Å². The van der Waals surface area contributed by atoms with Gasteiger partial charge in [0.2, 0.25) is 0 Å². The summed E-state index contributed by atoms with van der Waals surface area (Å²) in [6, 6.07) is 0. The second kappa shape index (κ2) is 54.2. The van der Waals surface area contributed by atoms with Gasteiger partial charge in [-0.05, 0) is 103 Å². The molecule has 0 N–H and O–H groups in total. The molecule has 0 aliphatic rings. The Morgan fingerprint density at radius 1 is 0.313 bits per heavy atom. The molecule has 6 heteroatoms. The summed E-state index contributed by atoms with van der Waals surface area (Å²) >= 11 is 0. The van der Waals surface area contributed by atoms with Crippen molar-refractivity contribution in [2.75, 3.05) is 13.2 Å². The van der Waals surface area contributed by atoms with Crippen molar-refractivity contribution in [2.45, 2.75) is 219 Å². The van der Waals surface area contributed by atoms with Crippen molar-refractivity contribution in [3.8, 4) is 0 Å². The van der Waals surface area contributed by atoms with Gasteiger partial charge in [0, 0.05) is 19.3 Å². The minimum Gasteiger partial charge on any atom is -0.462 e. The number of ether oxygens (including phenoxy) is 3. The van der Waals surface area contributed by atoms with Crippen molar-refractivity contribution in [3.63, 3.8) is 0 Å². The van der Waals surface area contributed by atoms with Crippen LogP contribution < -0.4 is 0 Å². The lowest BCUT2D eigenvalue weighted by Crippen LogP contribution is -2.30. The molecule has 0 saturated heterocycles. The molecule has 67 heavy (non-hydrogen) atoms. The van der Waals surface area contributed by atoms with Gasteiger partial charge in [-0.3, -0.25) is 14.4 Å². The lowest BCUT2D eigenvalue weighted by atomic mass is 10.1. The predicted octanol–water partition coefficient (Wildman–Crippen LogP) is 17.9. The molecular weight excluding hydrogens is 829 g/mol. The maximum absolute atomic E-state index is 12.8. The molecule has 0 amide bonds. The Labute approximate surface area is 411 Å².